The van der Waals surface area contributed by atoms with Gasteiger partial charge in [0.25, 0.3) is 5.91 Å². The SMILES string of the molecule is CCN(CC)C(=O)c1ccc(N2CCN(c3ccccn3)CC2)cn1. The normalized spacial score (nSPS) is 14.5. The van der Waals surface area contributed by atoms with Crippen molar-refractivity contribution < 1.29 is 4.79 Å². The van der Waals surface area contributed by atoms with Crippen molar-refractivity contribution in [1.82, 2.24) is 14.9 Å². The van der Waals surface area contributed by atoms with Crippen LogP contribution in [0.4, 0.5) is 11.5 Å². The zero-order valence-electron chi connectivity index (χ0n) is 14.9. The summed E-state index contributed by atoms with van der Waals surface area (Å²) >= 11 is 0. The number of anilines is 2. The molecule has 6 nitrogen and oxygen atoms in total. The van der Waals surface area contributed by atoms with Gasteiger partial charge in [0.15, 0.2) is 0 Å². The van der Waals surface area contributed by atoms with Gasteiger partial charge in [-0.05, 0) is 38.1 Å². The highest BCUT2D eigenvalue weighted by Crippen LogP contribution is 2.19. The maximum Gasteiger partial charge on any atom is 0.272 e. The van der Waals surface area contributed by atoms with Crippen LogP contribution in [0.3, 0.4) is 0 Å². The van der Waals surface area contributed by atoms with E-state index in [-0.39, 0.29) is 5.91 Å². The summed E-state index contributed by atoms with van der Waals surface area (Å²) in [5.41, 5.74) is 1.58. The minimum atomic E-state index is -0.00322. The van der Waals surface area contributed by atoms with Gasteiger partial charge >= 0.3 is 0 Å². The number of piperazine rings is 1. The molecular formula is C19H25N5O. The van der Waals surface area contributed by atoms with E-state index in [2.05, 4.69) is 19.8 Å². The summed E-state index contributed by atoms with van der Waals surface area (Å²) in [6, 6.07) is 9.84. The van der Waals surface area contributed by atoms with E-state index in [4.69, 9.17) is 0 Å². The Balaban J connectivity index is 1.61. The molecule has 0 spiro atoms. The molecule has 1 saturated heterocycles. The standard InChI is InChI=1S/C19H25N5O/c1-3-22(4-2)19(25)17-9-8-16(15-21-17)23-11-13-24(14-12-23)18-7-5-6-10-20-18/h5-10,15H,3-4,11-14H2,1-2H3. The molecule has 0 aromatic carbocycles. The average Bonchev–Trinajstić information content (AvgIpc) is 2.70. The van der Waals surface area contributed by atoms with Crippen LogP contribution < -0.4 is 9.80 Å². The highest BCUT2D eigenvalue weighted by molar-refractivity contribution is 5.92. The summed E-state index contributed by atoms with van der Waals surface area (Å²) in [6.07, 6.45) is 3.64. The van der Waals surface area contributed by atoms with Gasteiger partial charge in [-0.25, -0.2) is 9.97 Å². The van der Waals surface area contributed by atoms with Gasteiger partial charge in [0.2, 0.25) is 0 Å². The van der Waals surface area contributed by atoms with Crippen molar-refractivity contribution in [3.05, 3.63) is 48.4 Å². The molecule has 0 saturated carbocycles. The summed E-state index contributed by atoms with van der Waals surface area (Å²) in [6.45, 7) is 9.06. The maximum atomic E-state index is 12.3. The first-order chi connectivity index (χ1) is 12.2. The number of pyridine rings is 2. The molecule has 2 aromatic rings. The van der Waals surface area contributed by atoms with Crippen molar-refractivity contribution in [3.63, 3.8) is 0 Å². The van der Waals surface area contributed by atoms with Gasteiger partial charge in [-0.3, -0.25) is 4.79 Å². The fourth-order valence-corrected chi connectivity index (χ4v) is 3.11. The molecule has 0 aliphatic carbocycles. The number of carbonyl (C=O) groups excluding carboxylic acids is 1. The second-order valence-corrected chi connectivity index (χ2v) is 6.04. The molecule has 3 heterocycles. The second-order valence-electron chi connectivity index (χ2n) is 6.04. The molecule has 1 fully saturated rings. The van der Waals surface area contributed by atoms with Crippen LogP contribution in [-0.4, -0.2) is 60.0 Å². The van der Waals surface area contributed by atoms with Crippen molar-refractivity contribution in [2.75, 3.05) is 49.1 Å². The maximum absolute atomic E-state index is 12.3. The smallest absolute Gasteiger partial charge is 0.272 e. The molecule has 1 aliphatic heterocycles. The Hall–Kier alpha value is -2.63. The fourth-order valence-electron chi connectivity index (χ4n) is 3.11. The Labute approximate surface area is 149 Å². The van der Waals surface area contributed by atoms with Gasteiger partial charge in [0.05, 0.1) is 11.9 Å². The fraction of sp³-hybridized carbons (Fsp3) is 0.421. The van der Waals surface area contributed by atoms with Crippen LogP contribution in [0.15, 0.2) is 42.7 Å². The molecule has 3 rings (SSSR count). The van der Waals surface area contributed by atoms with E-state index in [1.54, 1.807) is 4.90 Å². The Morgan fingerprint density at radius 2 is 1.72 bits per heavy atom. The number of amides is 1. The topological polar surface area (TPSA) is 52.6 Å². The Morgan fingerprint density at radius 1 is 1.00 bits per heavy atom. The van der Waals surface area contributed by atoms with E-state index < -0.39 is 0 Å². The van der Waals surface area contributed by atoms with Crippen molar-refractivity contribution in [3.8, 4) is 0 Å². The van der Waals surface area contributed by atoms with Crippen LogP contribution in [0, 0.1) is 0 Å². The number of rotatable bonds is 5. The van der Waals surface area contributed by atoms with Crippen LogP contribution in [0.1, 0.15) is 24.3 Å². The summed E-state index contributed by atoms with van der Waals surface area (Å²) < 4.78 is 0. The molecule has 132 valence electrons. The van der Waals surface area contributed by atoms with Crippen molar-refractivity contribution in [1.29, 1.82) is 0 Å². The number of hydrogen-bond acceptors (Lipinski definition) is 5. The molecule has 1 amide bonds. The molecule has 0 N–H and O–H groups in total. The van der Waals surface area contributed by atoms with Crippen LogP contribution in [0.5, 0.6) is 0 Å². The highest BCUT2D eigenvalue weighted by atomic mass is 16.2. The van der Waals surface area contributed by atoms with Gasteiger partial charge in [0.1, 0.15) is 11.5 Å². The summed E-state index contributed by atoms with van der Waals surface area (Å²) in [5, 5.41) is 0. The molecule has 0 radical (unpaired) electrons. The van der Waals surface area contributed by atoms with Crippen molar-refractivity contribution in [2.45, 2.75) is 13.8 Å². The lowest BCUT2D eigenvalue weighted by Gasteiger charge is -2.36. The Kier molecular flexibility index (Phi) is 5.48. The van der Waals surface area contributed by atoms with Crippen LogP contribution in [-0.2, 0) is 0 Å². The molecule has 0 unspecified atom stereocenters. The number of nitrogens with zero attached hydrogens (tertiary/aromatic N) is 5. The third-order valence-corrected chi connectivity index (χ3v) is 4.64. The van der Waals surface area contributed by atoms with E-state index >= 15 is 0 Å². The van der Waals surface area contributed by atoms with E-state index in [0.717, 1.165) is 37.7 Å². The number of aromatic nitrogens is 2. The number of carbonyl (C=O) groups is 1. The quantitative estimate of drug-likeness (QED) is 0.836. The van der Waals surface area contributed by atoms with Crippen LogP contribution in [0.2, 0.25) is 0 Å². The van der Waals surface area contributed by atoms with Gasteiger partial charge < -0.3 is 14.7 Å². The minimum Gasteiger partial charge on any atom is -0.367 e. The van der Waals surface area contributed by atoms with Gasteiger partial charge in [-0.2, -0.15) is 0 Å². The second kappa shape index (κ2) is 7.96. The lowest BCUT2D eigenvalue weighted by molar-refractivity contribution is 0.0767. The predicted octanol–water partition coefficient (Wildman–Crippen LogP) is 2.29. The highest BCUT2D eigenvalue weighted by Gasteiger charge is 2.19. The van der Waals surface area contributed by atoms with E-state index in [1.165, 1.54) is 0 Å². The van der Waals surface area contributed by atoms with E-state index in [9.17, 15) is 4.79 Å². The Bertz CT molecular complexity index is 677. The third-order valence-electron chi connectivity index (χ3n) is 4.64. The molecule has 25 heavy (non-hydrogen) atoms. The lowest BCUT2D eigenvalue weighted by Crippen LogP contribution is -2.46. The molecule has 6 heteroatoms. The zero-order valence-corrected chi connectivity index (χ0v) is 14.9. The first-order valence-corrected chi connectivity index (χ1v) is 8.89. The van der Waals surface area contributed by atoms with Crippen molar-refractivity contribution in [2.24, 2.45) is 0 Å². The van der Waals surface area contributed by atoms with Gasteiger partial charge in [-0.1, -0.05) is 6.07 Å². The largest absolute Gasteiger partial charge is 0.367 e. The van der Waals surface area contributed by atoms with Gasteiger partial charge in [-0.15, -0.1) is 0 Å². The minimum absolute atomic E-state index is 0.00322. The average molecular weight is 339 g/mol. The summed E-state index contributed by atoms with van der Waals surface area (Å²) in [4.78, 5) is 27.5. The van der Waals surface area contributed by atoms with E-state index in [1.807, 2.05) is 56.6 Å². The van der Waals surface area contributed by atoms with E-state index in [0.29, 0.717) is 18.8 Å². The summed E-state index contributed by atoms with van der Waals surface area (Å²) in [5.74, 6) is 1.02. The lowest BCUT2D eigenvalue weighted by atomic mass is 10.2. The first-order valence-electron chi connectivity index (χ1n) is 8.89. The van der Waals surface area contributed by atoms with Crippen LogP contribution >= 0.6 is 0 Å². The molecule has 1 aliphatic rings. The first kappa shape index (κ1) is 17.2. The molecule has 0 bridgehead atoms. The Morgan fingerprint density at radius 3 is 2.28 bits per heavy atom. The summed E-state index contributed by atoms with van der Waals surface area (Å²) in [7, 11) is 0. The molecule has 2 aromatic heterocycles. The number of hydrogen-bond donors (Lipinski definition) is 0. The van der Waals surface area contributed by atoms with Gasteiger partial charge in [0, 0.05) is 45.5 Å². The monoisotopic (exact) mass is 339 g/mol. The van der Waals surface area contributed by atoms with Crippen molar-refractivity contribution >= 4 is 17.4 Å². The third kappa shape index (κ3) is 3.90. The van der Waals surface area contributed by atoms with Crippen LogP contribution in [0.25, 0.3) is 0 Å². The predicted molar refractivity (Wildman–Crippen MR) is 100 cm³/mol. The zero-order chi connectivity index (χ0) is 17.6. The molecular weight excluding hydrogens is 314 g/mol. The molecule has 0 atom stereocenters.